The first-order chi connectivity index (χ1) is 7.27. The molecule has 1 aromatic rings. The molecule has 0 saturated heterocycles. The van der Waals surface area contributed by atoms with Crippen molar-refractivity contribution in [2.75, 3.05) is 0 Å². The summed E-state index contributed by atoms with van der Waals surface area (Å²) in [5, 5.41) is 0. The Hall–Kier alpha value is -1.51. The van der Waals surface area contributed by atoms with E-state index in [4.69, 9.17) is 0 Å². The van der Waals surface area contributed by atoms with Crippen molar-refractivity contribution in [2.24, 2.45) is 5.92 Å². The normalized spacial score (nSPS) is 20.9. The van der Waals surface area contributed by atoms with E-state index in [1.807, 2.05) is 0 Å². The molecular formula is C12H14N2O. The third-order valence-corrected chi connectivity index (χ3v) is 2.79. The van der Waals surface area contributed by atoms with Crippen molar-refractivity contribution in [3.8, 4) is 0 Å². The summed E-state index contributed by atoms with van der Waals surface area (Å²) in [4.78, 5) is 19.7. The van der Waals surface area contributed by atoms with Gasteiger partial charge in [-0.1, -0.05) is 13.0 Å². The molecule has 3 nitrogen and oxygen atoms in total. The van der Waals surface area contributed by atoms with E-state index in [2.05, 4.69) is 23.0 Å². The molecule has 0 fully saturated rings. The Kier molecular flexibility index (Phi) is 2.90. The Bertz CT molecular complexity index is 384. The molecule has 0 amide bonds. The van der Waals surface area contributed by atoms with Crippen molar-refractivity contribution in [2.45, 2.75) is 26.2 Å². The van der Waals surface area contributed by atoms with Gasteiger partial charge in [-0.2, -0.15) is 0 Å². The highest BCUT2D eigenvalue weighted by Crippen LogP contribution is 2.24. The van der Waals surface area contributed by atoms with Crippen LogP contribution in [0.4, 0.5) is 0 Å². The molecule has 1 aromatic heterocycles. The van der Waals surface area contributed by atoms with Gasteiger partial charge in [0.2, 0.25) is 0 Å². The second-order valence-electron chi connectivity index (χ2n) is 4.07. The molecule has 3 heteroatoms. The van der Waals surface area contributed by atoms with E-state index in [9.17, 15) is 4.79 Å². The minimum absolute atomic E-state index is 0.0856. The Morgan fingerprint density at radius 2 is 2.13 bits per heavy atom. The fourth-order valence-electron chi connectivity index (χ4n) is 1.77. The number of Topliss-reactive ketones (excluding diaryl/α,β-unsaturated/α-hetero) is 1. The standard InChI is InChI=1S/C12H14N2O/c1-9-2-4-10(5-3-9)12(15)11-6-13-8-14-7-11/h4,6-9H,2-3,5H2,1H3. The van der Waals surface area contributed by atoms with Crippen LogP contribution in [0.15, 0.2) is 30.4 Å². The van der Waals surface area contributed by atoms with Crippen molar-refractivity contribution in [1.82, 2.24) is 9.97 Å². The molecule has 15 heavy (non-hydrogen) atoms. The summed E-state index contributed by atoms with van der Waals surface area (Å²) < 4.78 is 0. The van der Waals surface area contributed by atoms with Crippen LogP contribution in [0.25, 0.3) is 0 Å². The van der Waals surface area contributed by atoms with Gasteiger partial charge in [0.25, 0.3) is 0 Å². The molecule has 1 heterocycles. The molecule has 1 atom stereocenters. The molecule has 1 aliphatic rings. The molecule has 0 aromatic carbocycles. The van der Waals surface area contributed by atoms with E-state index in [0.717, 1.165) is 24.8 Å². The molecule has 1 unspecified atom stereocenters. The summed E-state index contributed by atoms with van der Waals surface area (Å²) in [6, 6.07) is 0. The van der Waals surface area contributed by atoms with Crippen LogP contribution in [0.1, 0.15) is 36.5 Å². The second-order valence-corrected chi connectivity index (χ2v) is 4.07. The maximum atomic E-state index is 12.0. The lowest BCUT2D eigenvalue weighted by molar-refractivity contribution is 0.102. The van der Waals surface area contributed by atoms with Gasteiger partial charge in [-0.3, -0.25) is 4.79 Å². The third-order valence-electron chi connectivity index (χ3n) is 2.79. The molecular weight excluding hydrogens is 188 g/mol. The predicted molar refractivity (Wildman–Crippen MR) is 57.5 cm³/mol. The summed E-state index contributed by atoms with van der Waals surface area (Å²) in [5.74, 6) is 0.788. The molecule has 0 saturated carbocycles. The van der Waals surface area contributed by atoms with E-state index in [1.165, 1.54) is 6.33 Å². The van der Waals surface area contributed by atoms with Crippen LogP contribution >= 0.6 is 0 Å². The van der Waals surface area contributed by atoms with E-state index in [0.29, 0.717) is 11.5 Å². The number of aromatic nitrogens is 2. The molecule has 0 bridgehead atoms. The van der Waals surface area contributed by atoms with Gasteiger partial charge in [0.15, 0.2) is 5.78 Å². The summed E-state index contributed by atoms with van der Waals surface area (Å²) in [5.41, 5.74) is 1.52. The smallest absolute Gasteiger partial charge is 0.191 e. The zero-order chi connectivity index (χ0) is 10.7. The van der Waals surface area contributed by atoms with Gasteiger partial charge in [0.1, 0.15) is 6.33 Å². The molecule has 0 aliphatic heterocycles. The van der Waals surface area contributed by atoms with Gasteiger partial charge >= 0.3 is 0 Å². The van der Waals surface area contributed by atoms with E-state index < -0.39 is 0 Å². The van der Waals surface area contributed by atoms with Crippen molar-refractivity contribution < 1.29 is 4.79 Å². The van der Waals surface area contributed by atoms with E-state index >= 15 is 0 Å². The van der Waals surface area contributed by atoms with Crippen LogP contribution in [0.2, 0.25) is 0 Å². The quantitative estimate of drug-likeness (QED) is 0.691. The fourth-order valence-corrected chi connectivity index (χ4v) is 1.77. The summed E-state index contributed by atoms with van der Waals surface area (Å²) in [6.45, 7) is 2.21. The Balaban J connectivity index is 2.16. The Morgan fingerprint density at radius 1 is 1.40 bits per heavy atom. The van der Waals surface area contributed by atoms with Crippen LogP contribution in [-0.2, 0) is 0 Å². The minimum Gasteiger partial charge on any atom is -0.289 e. The zero-order valence-corrected chi connectivity index (χ0v) is 8.81. The number of hydrogen-bond acceptors (Lipinski definition) is 3. The molecule has 78 valence electrons. The maximum absolute atomic E-state index is 12.0. The molecule has 0 spiro atoms. The monoisotopic (exact) mass is 202 g/mol. The molecule has 2 rings (SSSR count). The van der Waals surface area contributed by atoms with Gasteiger partial charge in [0.05, 0.1) is 5.56 Å². The third kappa shape index (κ3) is 2.29. The van der Waals surface area contributed by atoms with Crippen LogP contribution in [0, 0.1) is 5.92 Å². The number of hydrogen-bond donors (Lipinski definition) is 0. The SMILES string of the molecule is CC1CC=C(C(=O)c2cncnc2)CC1. The first-order valence-corrected chi connectivity index (χ1v) is 5.26. The highest BCUT2D eigenvalue weighted by molar-refractivity contribution is 6.08. The summed E-state index contributed by atoms with van der Waals surface area (Å²) >= 11 is 0. The lowest BCUT2D eigenvalue weighted by atomic mass is 9.88. The van der Waals surface area contributed by atoms with Gasteiger partial charge in [-0.05, 0) is 30.8 Å². The predicted octanol–water partition coefficient (Wildman–Crippen LogP) is 2.41. The first-order valence-electron chi connectivity index (χ1n) is 5.26. The van der Waals surface area contributed by atoms with Gasteiger partial charge < -0.3 is 0 Å². The van der Waals surface area contributed by atoms with Crippen molar-refractivity contribution in [1.29, 1.82) is 0 Å². The van der Waals surface area contributed by atoms with Crippen molar-refractivity contribution >= 4 is 5.78 Å². The molecule has 1 aliphatic carbocycles. The van der Waals surface area contributed by atoms with Crippen molar-refractivity contribution in [3.05, 3.63) is 35.9 Å². The zero-order valence-electron chi connectivity index (χ0n) is 8.81. The van der Waals surface area contributed by atoms with Gasteiger partial charge in [-0.25, -0.2) is 9.97 Å². The minimum atomic E-state index is 0.0856. The largest absolute Gasteiger partial charge is 0.289 e. The van der Waals surface area contributed by atoms with Crippen LogP contribution < -0.4 is 0 Å². The maximum Gasteiger partial charge on any atom is 0.191 e. The lowest BCUT2D eigenvalue weighted by Crippen LogP contribution is -2.10. The highest BCUT2D eigenvalue weighted by Gasteiger charge is 2.17. The lowest BCUT2D eigenvalue weighted by Gasteiger charge is -2.16. The number of allylic oxidation sites excluding steroid dienone is 2. The second kappa shape index (κ2) is 4.34. The number of carbonyl (C=O) groups is 1. The van der Waals surface area contributed by atoms with E-state index in [1.54, 1.807) is 12.4 Å². The molecule has 0 N–H and O–H groups in total. The molecule has 0 radical (unpaired) electrons. The summed E-state index contributed by atoms with van der Waals surface area (Å²) in [7, 11) is 0. The average molecular weight is 202 g/mol. The van der Waals surface area contributed by atoms with Gasteiger partial charge in [-0.15, -0.1) is 0 Å². The van der Waals surface area contributed by atoms with Crippen molar-refractivity contribution in [3.63, 3.8) is 0 Å². The number of ketones is 1. The number of carbonyl (C=O) groups excluding carboxylic acids is 1. The highest BCUT2D eigenvalue weighted by atomic mass is 16.1. The van der Waals surface area contributed by atoms with Crippen LogP contribution in [0.3, 0.4) is 0 Å². The number of nitrogens with zero attached hydrogens (tertiary/aromatic N) is 2. The topological polar surface area (TPSA) is 42.9 Å². The van der Waals surface area contributed by atoms with Gasteiger partial charge in [0, 0.05) is 12.4 Å². The fraction of sp³-hybridized carbons (Fsp3) is 0.417. The average Bonchev–Trinajstić information content (AvgIpc) is 2.30. The number of rotatable bonds is 2. The van der Waals surface area contributed by atoms with Crippen LogP contribution in [-0.4, -0.2) is 15.8 Å². The first kappa shape index (κ1) is 10.0. The van der Waals surface area contributed by atoms with Crippen LogP contribution in [0.5, 0.6) is 0 Å². The Labute approximate surface area is 89.3 Å². The van der Waals surface area contributed by atoms with E-state index in [-0.39, 0.29) is 5.78 Å². The Morgan fingerprint density at radius 3 is 2.73 bits per heavy atom. The summed E-state index contributed by atoms with van der Waals surface area (Å²) in [6.07, 6.45) is 9.65.